The second-order valence-corrected chi connectivity index (χ2v) is 7.57. The zero-order valence-electron chi connectivity index (χ0n) is 15.8. The van der Waals surface area contributed by atoms with Gasteiger partial charge < -0.3 is 14.4 Å². The minimum Gasteiger partial charge on any atom is -0.497 e. The van der Waals surface area contributed by atoms with Crippen LogP contribution < -0.4 is 4.74 Å². The topological polar surface area (TPSA) is 73.7 Å². The number of fused-ring (bicyclic) bond motifs is 1. The van der Waals surface area contributed by atoms with Gasteiger partial charge in [-0.05, 0) is 38.1 Å². The molecule has 7 nitrogen and oxygen atoms in total. The molecule has 7 heteroatoms. The smallest absolute Gasteiger partial charge is 0.307 e. The predicted molar refractivity (Wildman–Crippen MR) is 97.5 cm³/mol. The number of amides is 1. The first-order chi connectivity index (χ1) is 12.9. The molecule has 142 valence electrons. The van der Waals surface area contributed by atoms with Crippen molar-refractivity contribution >= 4 is 11.9 Å². The Morgan fingerprint density at radius 3 is 2.67 bits per heavy atom. The minimum atomic E-state index is -0.748. The lowest BCUT2D eigenvalue weighted by molar-refractivity contribution is -0.149. The summed E-state index contributed by atoms with van der Waals surface area (Å²) in [6.45, 7) is 4.72. The fourth-order valence-electron chi connectivity index (χ4n) is 3.89. The van der Waals surface area contributed by atoms with E-state index in [1.807, 2.05) is 40.0 Å². The largest absolute Gasteiger partial charge is 0.497 e. The highest BCUT2D eigenvalue weighted by atomic mass is 16.6. The maximum absolute atomic E-state index is 13.0. The van der Waals surface area contributed by atoms with Crippen LogP contribution in [0.1, 0.15) is 31.5 Å². The quantitative estimate of drug-likeness (QED) is 0.775. The molecular weight excluding hydrogens is 346 g/mol. The van der Waals surface area contributed by atoms with E-state index < -0.39 is 11.5 Å². The maximum Gasteiger partial charge on any atom is 0.307 e. The molecule has 0 radical (unpaired) electrons. The molecular formula is C20H23N3O4. The van der Waals surface area contributed by atoms with Crippen molar-refractivity contribution in [1.29, 1.82) is 0 Å². The predicted octanol–water partition coefficient (Wildman–Crippen LogP) is 2.11. The first-order valence-electron chi connectivity index (χ1n) is 9.10. The molecule has 27 heavy (non-hydrogen) atoms. The summed E-state index contributed by atoms with van der Waals surface area (Å²) in [5.41, 5.74) is 2.37. The Balaban J connectivity index is 1.53. The average Bonchev–Trinajstić information content (AvgIpc) is 3.20. The van der Waals surface area contributed by atoms with E-state index in [1.54, 1.807) is 21.0 Å². The standard InChI is InChI=1S/C20H23N3O4/c1-20(2)16(10-18(24)27-20)19(25)22-9-8-17-13(12-22)11-21-23(17)14-4-6-15(26-3)7-5-14/h4-7,11,16H,8-10,12H2,1-3H3. The average molecular weight is 369 g/mol. The van der Waals surface area contributed by atoms with Crippen molar-refractivity contribution < 1.29 is 19.1 Å². The van der Waals surface area contributed by atoms with E-state index >= 15 is 0 Å². The lowest BCUT2D eigenvalue weighted by Crippen LogP contribution is -2.45. The van der Waals surface area contributed by atoms with Crippen LogP contribution in [-0.2, 0) is 27.3 Å². The number of ether oxygens (including phenoxy) is 2. The number of esters is 1. The van der Waals surface area contributed by atoms with Gasteiger partial charge in [-0.2, -0.15) is 5.10 Å². The summed E-state index contributed by atoms with van der Waals surface area (Å²) < 4.78 is 12.4. The molecule has 1 aromatic carbocycles. The van der Waals surface area contributed by atoms with Gasteiger partial charge in [0.05, 0.1) is 37.0 Å². The van der Waals surface area contributed by atoms with E-state index in [4.69, 9.17) is 9.47 Å². The zero-order valence-corrected chi connectivity index (χ0v) is 15.8. The molecule has 2 aromatic rings. The molecule has 1 atom stereocenters. The van der Waals surface area contributed by atoms with Crippen molar-refractivity contribution in [3.8, 4) is 11.4 Å². The number of hydrogen-bond acceptors (Lipinski definition) is 5. The van der Waals surface area contributed by atoms with Crippen molar-refractivity contribution in [1.82, 2.24) is 14.7 Å². The molecule has 0 bridgehead atoms. The lowest BCUT2D eigenvalue weighted by atomic mass is 9.89. The fraction of sp³-hybridized carbons (Fsp3) is 0.450. The third-order valence-corrected chi connectivity index (χ3v) is 5.45. The minimum absolute atomic E-state index is 0.0197. The van der Waals surface area contributed by atoms with Gasteiger partial charge in [0.2, 0.25) is 5.91 Å². The van der Waals surface area contributed by atoms with E-state index in [2.05, 4.69) is 5.10 Å². The zero-order chi connectivity index (χ0) is 19.2. The summed E-state index contributed by atoms with van der Waals surface area (Å²) in [7, 11) is 1.64. The van der Waals surface area contributed by atoms with Crippen LogP contribution in [0.5, 0.6) is 5.75 Å². The van der Waals surface area contributed by atoms with Crippen LogP contribution in [0, 0.1) is 5.92 Å². The SMILES string of the molecule is COc1ccc(-n2ncc3c2CCN(C(=O)C2CC(=O)OC2(C)C)C3)cc1. The molecule has 1 amide bonds. The molecule has 1 fully saturated rings. The van der Waals surface area contributed by atoms with E-state index in [0.717, 1.165) is 29.1 Å². The molecule has 2 aliphatic heterocycles. The Morgan fingerprint density at radius 2 is 2.04 bits per heavy atom. The third-order valence-electron chi connectivity index (χ3n) is 5.45. The van der Waals surface area contributed by atoms with Gasteiger partial charge in [0.15, 0.2) is 0 Å². The number of carbonyl (C=O) groups excluding carboxylic acids is 2. The Bertz CT molecular complexity index is 885. The number of hydrogen-bond donors (Lipinski definition) is 0. The van der Waals surface area contributed by atoms with Crippen molar-refractivity contribution in [2.24, 2.45) is 5.92 Å². The molecule has 0 spiro atoms. The Hall–Kier alpha value is -2.83. The summed E-state index contributed by atoms with van der Waals surface area (Å²) in [4.78, 5) is 26.4. The van der Waals surface area contributed by atoms with Crippen LogP contribution in [0.3, 0.4) is 0 Å². The highest BCUT2D eigenvalue weighted by Crippen LogP contribution is 2.35. The van der Waals surface area contributed by atoms with Crippen molar-refractivity contribution in [2.45, 2.75) is 38.8 Å². The molecule has 4 rings (SSSR count). The summed E-state index contributed by atoms with van der Waals surface area (Å²) in [6.07, 6.45) is 2.69. The van der Waals surface area contributed by atoms with Crippen LogP contribution in [0.25, 0.3) is 5.69 Å². The Labute approximate surface area is 157 Å². The van der Waals surface area contributed by atoms with E-state index in [1.165, 1.54) is 0 Å². The third kappa shape index (κ3) is 3.07. The number of benzene rings is 1. The van der Waals surface area contributed by atoms with Crippen LogP contribution >= 0.6 is 0 Å². The van der Waals surface area contributed by atoms with E-state index in [9.17, 15) is 9.59 Å². The van der Waals surface area contributed by atoms with Crippen molar-refractivity contribution in [3.63, 3.8) is 0 Å². The Kier molecular flexibility index (Phi) is 4.17. The molecule has 1 unspecified atom stereocenters. The second-order valence-electron chi connectivity index (χ2n) is 7.57. The molecule has 0 saturated carbocycles. The van der Waals surface area contributed by atoms with Gasteiger partial charge in [-0.3, -0.25) is 9.59 Å². The van der Waals surface area contributed by atoms with Gasteiger partial charge in [-0.1, -0.05) is 0 Å². The molecule has 1 saturated heterocycles. The van der Waals surface area contributed by atoms with Gasteiger partial charge in [0, 0.05) is 25.1 Å². The Morgan fingerprint density at radius 1 is 1.30 bits per heavy atom. The number of nitrogens with zero attached hydrogens (tertiary/aromatic N) is 3. The second kappa shape index (κ2) is 6.40. The van der Waals surface area contributed by atoms with E-state index in [0.29, 0.717) is 13.1 Å². The fourth-order valence-corrected chi connectivity index (χ4v) is 3.89. The van der Waals surface area contributed by atoms with Crippen molar-refractivity contribution in [2.75, 3.05) is 13.7 Å². The van der Waals surface area contributed by atoms with Crippen molar-refractivity contribution in [3.05, 3.63) is 41.7 Å². The normalized spacial score (nSPS) is 20.9. The summed E-state index contributed by atoms with van der Waals surface area (Å²) in [6, 6.07) is 7.74. The molecule has 3 heterocycles. The van der Waals surface area contributed by atoms with Gasteiger partial charge in [0.25, 0.3) is 0 Å². The van der Waals surface area contributed by atoms with Crippen LogP contribution in [0.15, 0.2) is 30.5 Å². The van der Waals surface area contributed by atoms with Crippen LogP contribution in [-0.4, -0.2) is 45.8 Å². The highest BCUT2D eigenvalue weighted by molar-refractivity contribution is 5.87. The molecule has 0 N–H and O–H groups in total. The van der Waals surface area contributed by atoms with Gasteiger partial charge in [-0.25, -0.2) is 4.68 Å². The van der Waals surface area contributed by atoms with Crippen LogP contribution in [0.2, 0.25) is 0 Å². The van der Waals surface area contributed by atoms with E-state index in [-0.39, 0.29) is 18.3 Å². The van der Waals surface area contributed by atoms with Crippen LogP contribution in [0.4, 0.5) is 0 Å². The molecule has 1 aromatic heterocycles. The van der Waals surface area contributed by atoms with Gasteiger partial charge in [0.1, 0.15) is 11.4 Å². The first-order valence-corrected chi connectivity index (χ1v) is 9.10. The number of methoxy groups -OCH3 is 1. The number of cyclic esters (lactones) is 1. The monoisotopic (exact) mass is 369 g/mol. The van der Waals surface area contributed by atoms with Gasteiger partial charge in [-0.15, -0.1) is 0 Å². The van der Waals surface area contributed by atoms with Gasteiger partial charge >= 0.3 is 5.97 Å². The summed E-state index contributed by atoms with van der Waals surface area (Å²) in [5, 5.41) is 4.51. The summed E-state index contributed by atoms with van der Waals surface area (Å²) >= 11 is 0. The number of aromatic nitrogens is 2. The number of rotatable bonds is 3. The molecule has 2 aliphatic rings. The number of carbonyl (C=O) groups is 2. The maximum atomic E-state index is 13.0. The summed E-state index contributed by atoms with van der Waals surface area (Å²) in [5.74, 6) is 0.0488. The highest BCUT2D eigenvalue weighted by Gasteiger charge is 2.47. The first kappa shape index (κ1) is 17.6. The lowest BCUT2D eigenvalue weighted by Gasteiger charge is -2.32. The molecule has 0 aliphatic carbocycles.